The molecule has 0 fully saturated rings. The Morgan fingerprint density at radius 2 is 0.445 bits per heavy atom. The van der Waals surface area contributed by atoms with Crippen molar-refractivity contribution in [3.63, 3.8) is 0 Å². The van der Waals surface area contributed by atoms with E-state index in [4.69, 9.17) is 18.9 Å². The molecule has 12 heteroatoms. The molecule has 0 radical (unpaired) electrons. The van der Waals surface area contributed by atoms with Gasteiger partial charge in [-0.15, -0.1) is 0 Å². The fourth-order valence-corrected chi connectivity index (χ4v) is 14.1. The van der Waals surface area contributed by atoms with E-state index in [-0.39, 0.29) is 47.5 Å². The van der Waals surface area contributed by atoms with E-state index in [1.807, 2.05) is 79.7 Å². The average molecular weight is 1710 g/mol. The monoisotopic (exact) mass is 1710 g/mol. The summed E-state index contributed by atoms with van der Waals surface area (Å²) in [4.78, 5) is 56.6. The van der Waals surface area contributed by atoms with Gasteiger partial charge in [-0.1, -0.05) is 234 Å². The smallest absolute Gasteiger partial charge is 0.314 e. The van der Waals surface area contributed by atoms with Crippen LogP contribution in [0, 0.1) is 92.9 Å². The summed E-state index contributed by atoms with van der Waals surface area (Å²) in [6.07, 6.45) is 7.38. The molecule has 0 heterocycles. The van der Waals surface area contributed by atoms with Crippen molar-refractivity contribution in [1.82, 2.24) is 0 Å². The maximum Gasteiger partial charge on any atom is 0.314 e. The Bertz CT molecular complexity index is 5430. The van der Waals surface area contributed by atoms with Crippen LogP contribution in [0.4, 0.5) is 68.2 Å². The number of ether oxygens (including phenoxy) is 4. The fraction of sp³-hybridized carbons (Fsp3) is 0.293. The van der Waals surface area contributed by atoms with E-state index in [9.17, 15) is 19.2 Å². The van der Waals surface area contributed by atoms with E-state index in [1.54, 1.807) is 0 Å². The van der Waals surface area contributed by atoms with Gasteiger partial charge in [-0.25, -0.2) is 0 Å². The highest BCUT2D eigenvalue weighted by molar-refractivity contribution is 5.83. The van der Waals surface area contributed by atoms with Gasteiger partial charge < -0.3 is 38.5 Å². The lowest BCUT2D eigenvalue weighted by atomic mass is 10.0. The summed E-state index contributed by atoms with van der Waals surface area (Å²) in [7, 11) is 0. The van der Waals surface area contributed by atoms with Gasteiger partial charge in [0.2, 0.25) is 0 Å². The lowest BCUT2D eigenvalue weighted by Crippen LogP contribution is -2.16. The first-order valence-corrected chi connectivity index (χ1v) is 45.6. The molecule has 128 heavy (non-hydrogen) atoms. The van der Waals surface area contributed by atoms with Gasteiger partial charge in [0.15, 0.2) is 0 Å². The second-order valence-corrected chi connectivity index (χ2v) is 34.1. The van der Waals surface area contributed by atoms with E-state index in [2.05, 4.69) is 368 Å². The van der Waals surface area contributed by atoms with Gasteiger partial charge in [0.1, 0.15) is 5.75 Å². The van der Waals surface area contributed by atoms with Gasteiger partial charge in [-0.05, 0) is 328 Å². The molecule has 12 nitrogen and oxygen atoms in total. The van der Waals surface area contributed by atoms with Crippen LogP contribution >= 0.6 is 0 Å². The summed E-state index contributed by atoms with van der Waals surface area (Å²) in [6.45, 7) is 38.2. The number of aryl methyl sites for hydroxylation is 12. The van der Waals surface area contributed by atoms with Crippen molar-refractivity contribution in [3.8, 4) is 16.9 Å². The molecule has 0 saturated heterocycles. The number of hydrogen-bond acceptors (Lipinski definition) is 12. The number of benzene rings is 13. The standard InChI is InChI=1S/C31H31NO2.C30H37NO2.C28H33NO2.C27H31NO2/c1-5-24(4)31(33)34-30-20-12-26(13-21-30)25-10-18-29(19-11-25)32(27-14-6-22(2)7-15-27)28-16-8-23(3)9-17-28;1-7-21(2)30(32)33-18-8-9-26-12-16-27(17-13-26)31(28-14-10-22(3)24(5)19-28)29-15-11-23(4)25(6)20-29;1-5-23(4)28(30)31-20-6-7-24-12-18-27(19-13-24)29(25-14-8-21(2)9-15-25)26-16-10-22(3)11-17-26;1-5-22(4)27(29)30-19-18-23-10-16-26(17-11-23)28(24-12-6-20(2)7-13-24)25-14-8-21(3)9-15-25/h6-21,24H,5H2,1-4H3;10-17,19-21H,7-9,18H2,1-6H3;8-19,23H,5-7,20H2,1-4H3;6-17,22H,5,18-19H2,1-4H3. The van der Waals surface area contributed by atoms with Gasteiger partial charge >= 0.3 is 23.9 Å². The van der Waals surface area contributed by atoms with E-state index in [0.29, 0.717) is 25.6 Å². The zero-order valence-electron chi connectivity index (χ0n) is 78.7. The van der Waals surface area contributed by atoms with Crippen LogP contribution in [0.1, 0.15) is 166 Å². The molecular weight excluding hydrogens is 1580 g/mol. The third-order valence-corrected chi connectivity index (χ3v) is 23.8. The van der Waals surface area contributed by atoms with E-state index < -0.39 is 0 Å². The lowest BCUT2D eigenvalue weighted by molar-refractivity contribution is -0.149. The predicted molar refractivity (Wildman–Crippen MR) is 534 cm³/mol. The summed E-state index contributed by atoms with van der Waals surface area (Å²) < 4.78 is 21.6. The molecule has 0 bridgehead atoms. The maximum absolute atomic E-state index is 12.0. The summed E-state index contributed by atoms with van der Waals surface area (Å²) in [5.74, 6) is -0.0847. The van der Waals surface area contributed by atoms with Crippen LogP contribution in [0.15, 0.2) is 303 Å². The van der Waals surface area contributed by atoms with Crippen molar-refractivity contribution in [1.29, 1.82) is 0 Å². The van der Waals surface area contributed by atoms with Crippen molar-refractivity contribution in [2.75, 3.05) is 39.4 Å². The Morgan fingerprint density at radius 3 is 0.703 bits per heavy atom. The van der Waals surface area contributed by atoms with Crippen molar-refractivity contribution in [2.24, 2.45) is 23.7 Å². The second-order valence-electron chi connectivity index (χ2n) is 34.1. The van der Waals surface area contributed by atoms with Gasteiger partial charge in [-0.3, -0.25) is 19.2 Å². The van der Waals surface area contributed by atoms with Crippen LogP contribution < -0.4 is 24.3 Å². The van der Waals surface area contributed by atoms with Crippen LogP contribution in [0.25, 0.3) is 11.1 Å². The average Bonchev–Trinajstić information content (AvgIpc) is 0.794. The summed E-state index contributed by atoms with van der Waals surface area (Å²) in [6, 6.07) is 107. The van der Waals surface area contributed by atoms with Crippen LogP contribution in [0.3, 0.4) is 0 Å². The van der Waals surface area contributed by atoms with E-state index >= 15 is 0 Å². The molecule has 0 aliphatic heterocycles. The Labute approximate surface area is 763 Å². The highest BCUT2D eigenvalue weighted by atomic mass is 16.5. The third kappa shape index (κ3) is 28.5. The van der Waals surface area contributed by atoms with Gasteiger partial charge in [0.05, 0.1) is 43.5 Å². The molecule has 0 aromatic heterocycles. The highest BCUT2D eigenvalue weighted by Crippen LogP contribution is 2.41. The molecular formula is C116H132N4O8. The number of carbonyl (C=O) groups excluding carboxylic acids is 4. The van der Waals surface area contributed by atoms with Crippen LogP contribution in [0.5, 0.6) is 5.75 Å². The molecule has 0 aliphatic carbocycles. The molecule has 0 saturated carbocycles. The van der Waals surface area contributed by atoms with Gasteiger partial charge in [0.25, 0.3) is 0 Å². The molecule has 0 N–H and O–H groups in total. The molecule has 0 aliphatic rings. The van der Waals surface area contributed by atoms with Crippen LogP contribution in [0.2, 0.25) is 0 Å². The molecule has 13 aromatic carbocycles. The Balaban J connectivity index is 0.000000178. The molecule has 13 rings (SSSR count). The summed E-state index contributed by atoms with van der Waals surface area (Å²) in [5.41, 5.74) is 32.0. The van der Waals surface area contributed by atoms with Crippen molar-refractivity contribution >= 4 is 92.1 Å². The Kier molecular flexibility index (Phi) is 36.9. The molecule has 13 aromatic rings. The van der Waals surface area contributed by atoms with Crippen molar-refractivity contribution in [3.05, 3.63) is 376 Å². The van der Waals surface area contributed by atoms with Gasteiger partial charge in [0, 0.05) is 74.7 Å². The van der Waals surface area contributed by atoms with E-state index in [1.165, 1.54) is 66.8 Å². The third-order valence-electron chi connectivity index (χ3n) is 23.8. The SMILES string of the molecule is CCC(C)C(=O)OCCCc1ccc(N(c2ccc(C)c(C)c2)c2ccc(C)c(C)c2)cc1.CCC(C)C(=O)OCCCc1ccc(N(c2ccc(C)cc2)c2ccc(C)cc2)cc1.CCC(C)C(=O)OCCc1ccc(N(c2ccc(C)cc2)c2ccc(C)cc2)cc1.CCC(C)C(=O)Oc1ccc(-c2ccc(N(c3ccc(C)cc3)c3ccc(C)cc3)cc2)cc1. The van der Waals surface area contributed by atoms with E-state index in [0.717, 1.165) is 143 Å². The molecule has 0 spiro atoms. The first-order chi connectivity index (χ1) is 61.7. The number of rotatable bonds is 33. The second kappa shape index (κ2) is 48.6. The minimum absolute atomic E-state index is 0.0196. The largest absolute Gasteiger partial charge is 0.465 e. The number of nitrogens with zero attached hydrogens (tertiary/aromatic N) is 4. The van der Waals surface area contributed by atoms with Crippen molar-refractivity contribution in [2.45, 2.75) is 182 Å². The van der Waals surface area contributed by atoms with Crippen LogP contribution in [-0.2, 0) is 52.7 Å². The summed E-state index contributed by atoms with van der Waals surface area (Å²) >= 11 is 0. The lowest BCUT2D eigenvalue weighted by Gasteiger charge is -2.27. The topological polar surface area (TPSA) is 118 Å². The first kappa shape index (κ1) is 97.1. The number of anilines is 12. The molecule has 4 atom stereocenters. The first-order valence-electron chi connectivity index (χ1n) is 45.6. The van der Waals surface area contributed by atoms with Crippen molar-refractivity contribution < 1.29 is 38.1 Å². The molecule has 0 amide bonds. The minimum atomic E-state index is -0.188. The molecule has 664 valence electrons. The number of hydrogen-bond donors (Lipinski definition) is 0. The highest BCUT2D eigenvalue weighted by Gasteiger charge is 2.21. The molecule has 4 unspecified atom stereocenters. The minimum Gasteiger partial charge on any atom is -0.465 e. The maximum atomic E-state index is 12.0. The number of esters is 4. The van der Waals surface area contributed by atoms with Crippen LogP contribution in [-0.4, -0.2) is 43.7 Å². The normalized spacial score (nSPS) is 11.7. The zero-order chi connectivity index (χ0) is 91.8. The van der Waals surface area contributed by atoms with Gasteiger partial charge in [-0.2, -0.15) is 0 Å². The fourth-order valence-electron chi connectivity index (χ4n) is 14.1. The Morgan fingerprint density at radius 1 is 0.234 bits per heavy atom. The summed E-state index contributed by atoms with van der Waals surface area (Å²) in [5, 5.41) is 0. The number of carbonyl (C=O) groups is 4. The zero-order valence-corrected chi connectivity index (χ0v) is 78.7. The quantitative estimate of drug-likeness (QED) is 0.0169. The predicted octanol–water partition coefficient (Wildman–Crippen LogP) is 30.5. The Hall–Kier alpha value is -13.1.